The van der Waals surface area contributed by atoms with Gasteiger partial charge in [0.15, 0.2) is 0 Å². The average Bonchev–Trinajstić information content (AvgIpc) is 2.40. The van der Waals surface area contributed by atoms with Gasteiger partial charge >= 0.3 is 6.18 Å². The summed E-state index contributed by atoms with van der Waals surface area (Å²) in [6, 6.07) is 3.80. The summed E-state index contributed by atoms with van der Waals surface area (Å²) < 4.78 is 65.7. The molecular formula is C13H17F3N2O2S. The fourth-order valence-electron chi connectivity index (χ4n) is 2.35. The molecule has 118 valence electrons. The molecule has 1 saturated heterocycles. The Bertz CT molecular complexity index is 602. The first-order valence-corrected chi connectivity index (χ1v) is 8.09. The Labute approximate surface area is 121 Å². The Balaban J connectivity index is 2.32. The molecule has 1 aliphatic heterocycles. The van der Waals surface area contributed by atoms with Crippen LogP contribution in [0.25, 0.3) is 0 Å². The summed E-state index contributed by atoms with van der Waals surface area (Å²) in [6.07, 6.45) is -3.93. The molecule has 0 bridgehead atoms. The van der Waals surface area contributed by atoms with E-state index in [9.17, 15) is 21.6 Å². The Morgan fingerprint density at radius 3 is 2.57 bits per heavy atom. The molecule has 21 heavy (non-hydrogen) atoms. The third-order valence-corrected chi connectivity index (χ3v) is 5.16. The SMILES string of the molecule is C[C@@H]1CCNC[C@H]1NS(=O)(=O)c1ccccc1C(F)(F)F. The van der Waals surface area contributed by atoms with Crippen LogP contribution < -0.4 is 10.0 Å². The van der Waals surface area contributed by atoms with Crippen LogP contribution in [0.4, 0.5) is 13.2 Å². The number of halogens is 3. The first-order valence-electron chi connectivity index (χ1n) is 6.61. The van der Waals surface area contributed by atoms with Crippen LogP contribution in [0.1, 0.15) is 18.9 Å². The number of benzene rings is 1. The predicted molar refractivity (Wildman–Crippen MR) is 72.2 cm³/mol. The number of rotatable bonds is 3. The Morgan fingerprint density at radius 2 is 1.95 bits per heavy atom. The van der Waals surface area contributed by atoms with E-state index in [2.05, 4.69) is 10.0 Å². The molecule has 2 rings (SSSR count). The van der Waals surface area contributed by atoms with Crippen LogP contribution in [0.5, 0.6) is 0 Å². The second kappa shape index (κ2) is 5.94. The summed E-state index contributed by atoms with van der Waals surface area (Å²) >= 11 is 0. The standard InChI is InChI=1S/C13H17F3N2O2S/c1-9-6-7-17-8-11(9)18-21(19,20)12-5-3-2-4-10(12)13(14,15)16/h2-5,9,11,17-18H,6-8H2,1H3/t9-,11-/m1/s1. The highest BCUT2D eigenvalue weighted by Crippen LogP contribution is 2.34. The van der Waals surface area contributed by atoms with Crippen LogP contribution in [0.2, 0.25) is 0 Å². The van der Waals surface area contributed by atoms with Crippen LogP contribution in [-0.4, -0.2) is 27.5 Å². The molecule has 1 heterocycles. The molecule has 0 spiro atoms. The third-order valence-electron chi connectivity index (χ3n) is 3.62. The van der Waals surface area contributed by atoms with Crippen LogP contribution in [0.15, 0.2) is 29.2 Å². The number of hydrogen-bond donors (Lipinski definition) is 2. The van der Waals surface area contributed by atoms with Crippen molar-refractivity contribution in [2.75, 3.05) is 13.1 Å². The molecule has 1 aromatic carbocycles. The van der Waals surface area contributed by atoms with E-state index in [0.717, 1.165) is 25.1 Å². The minimum absolute atomic E-state index is 0.0686. The zero-order valence-electron chi connectivity index (χ0n) is 11.4. The van der Waals surface area contributed by atoms with Gasteiger partial charge in [-0.1, -0.05) is 19.1 Å². The quantitative estimate of drug-likeness (QED) is 0.895. The highest BCUT2D eigenvalue weighted by Gasteiger charge is 2.38. The Hall–Kier alpha value is -1.12. The molecule has 8 heteroatoms. The first-order chi connectivity index (χ1) is 9.72. The lowest BCUT2D eigenvalue weighted by Crippen LogP contribution is -2.50. The maximum Gasteiger partial charge on any atom is 0.417 e. The number of alkyl halides is 3. The molecule has 0 saturated carbocycles. The molecule has 2 N–H and O–H groups in total. The van der Waals surface area contributed by atoms with Gasteiger partial charge in [0.2, 0.25) is 10.0 Å². The second-order valence-corrected chi connectivity index (χ2v) is 6.87. The van der Waals surface area contributed by atoms with Crippen molar-refractivity contribution < 1.29 is 21.6 Å². The fourth-order valence-corrected chi connectivity index (χ4v) is 3.92. The number of nitrogens with one attached hydrogen (secondary N) is 2. The highest BCUT2D eigenvalue weighted by atomic mass is 32.2. The Morgan fingerprint density at radius 1 is 1.29 bits per heavy atom. The van der Waals surface area contributed by atoms with Crippen LogP contribution in [-0.2, 0) is 16.2 Å². The van der Waals surface area contributed by atoms with E-state index in [4.69, 9.17) is 0 Å². The molecule has 0 radical (unpaired) electrons. The van der Waals surface area contributed by atoms with Crippen LogP contribution in [0, 0.1) is 5.92 Å². The summed E-state index contributed by atoms with van der Waals surface area (Å²) in [7, 11) is -4.22. The normalized spacial score (nSPS) is 24.0. The molecule has 1 aliphatic rings. The van der Waals surface area contributed by atoms with E-state index < -0.39 is 32.7 Å². The number of hydrogen-bond acceptors (Lipinski definition) is 3. The number of sulfonamides is 1. The summed E-state index contributed by atoms with van der Waals surface area (Å²) in [5.74, 6) is 0.0686. The van der Waals surface area contributed by atoms with Crippen molar-refractivity contribution in [3.63, 3.8) is 0 Å². The summed E-state index contributed by atoms with van der Waals surface area (Å²) in [4.78, 5) is -0.727. The number of piperidine rings is 1. The van der Waals surface area contributed by atoms with Crippen molar-refractivity contribution in [3.8, 4) is 0 Å². The topological polar surface area (TPSA) is 58.2 Å². The molecule has 2 atom stereocenters. The van der Waals surface area contributed by atoms with Crippen molar-refractivity contribution in [2.45, 2.75) is 30.5 Å². The van der Waals surface area contributed by atoms with Gasteiger partial charge in [0.25, 0.3) is 0 Å². The molecule has 0 aliphatic carbocycles. The molecule has 0 aromatic heterocycles. The largest absolute Gasteiger partial charge is 0.417 e. The van der Waals surface area contributed by atoms with Gasteiger partial charge in [0.05, 0.1) is 10.5 Å². The zero-order valence-corrected chi connectivity index (χ0v) is 12.3. The zero-order chi connectivity index (χ0) is 15.7. The van der Waals surface area contributed by atoms with E-state index in [1.165, 1.54) is 12.1 Å². The van der Waals surface area contributed by atoms with Gasteiger partial charge in [0, 0.05) is 12.6 Å². The van der Waals surface area contributed by atoms with Gasteiger partial charge in [-0.25, -0.2) is 13.1 Å². The van der Waals surface area contributed by atoms with E-state index in [0.29, 0.717) is 6.54 Å². The van der Waals surface area contributed by atoms with Gasteiger partial charge < -0.3 is 5.32 Å². The summed E-state index contributed by atoms with van der Waals surface area (Å²) in [6.45, 7) is 3.07. The van der Waals surface area contributed by atoms with Crippen molar-refractivity contribution in [1.82, 2.24) is 10.0 Å². The molecule has 0 amide bonds. The van der Waals surface area contributed by atoms with Crippen LogP contribution in [0.3, 0.4) is 0 Å². The lowest BCUT2D eigenvalue weighted by Gasteiger charge is -2.30. The highest BCUT2D eigenvalue weighted by molar-refractivity contribution is 7.89. The lowest BCUT2D eigenvalue weighted by molar-refractivity contribution is -0.139. The summed E-state index contributed by atoms with van der Waals surface area (Å²) in [5.41, 5.74) is -1.14. The van der Waals surface area contributed by atoms with E-state index >= 15 is 0 Å². The molecule has 1 aromatic rings. The van der Waals surface area contributed by atoms with E-state index in [1.807, 2.05) is 6.92 Å². The van der Waals surface area contributed by atoms with Gasteiger partial charge in [-0.2, -0.15) is 13.2 Å². The van der Waals surface area contributed by atoms with Crippen LogP contribution >= 0.6 is 0 Å². The van der Waals surface area contributed by atoms with E-state index in [1.54, 1.807) is 0 Å². The molecule has 1 fully saturated rings. The monoisotopic (exact) mass is 322 g/mol. The Kier molecular flexibility index (Phi) is 4.60. The van der Waals surface area contributed by atoms with Gasteiger partial charge in [-0.3, -0.25) is 0 Å². The minimum Gasteiger partial charge on any atom is -0.315 e. The summed E-state index contributed by atoms with van der Waals surface area (Å²) in [5, 5.41) is 3.03. The third kappa shape index (κ3) is 3.75. The van der Waals surface area contributed by atoms with Crippen molar-refractivity contribution in [2.24, 2.45) is 5.92 Å². The molecule has 4 nitrogen and oxygen atoms in total. The molecule has 0 unspecified atom stereocenters. The minimum atomic E-state index is -4.71. The maximum absolute atomic E-state index is 12.9. The lowest BCUT2D eigenvalue weighted by atomic mass is 9.96. The first kappa shape index (κ1) is 16.3. The van der Waals surface area contributed by atoms with Crippen molar-refractivity contribution in [3.05, 3.63) is 29.8 Å². The van der Waals surface area contributed by atoms with Crippen molar-refractivity contribution in [1.29, 1.82) is 0 Å². The van der Waals surface area contributed by atoms with Gasteiger partial charge in [-0.05, 0) is 31.0 Å². The average molecular weight is 322 g/mol. The second-order valence-electron chi connectivity index (χ2n) is 5.19. The van der Waals surface area contributed by atoms with Gasteiger partial charge in [-0.15, -0.1) is 0 Å². The van der Waals surface area contributed by atoms with Gasteiger partial charge in [0.1, 0.15) is 0 Å². The maximum atomic E-state index is 12.9. The fraction of sp³-hybridized carbons (Fsp3) is 0.538. The van der Waals surface area contributed by atoms with Crippen molar-refractivity contribution >= 4 is 10.0 Å². The predicted octanol–water partition coefficient (Wildman–Crippen LogP) is 1.98. The molecular weight excluding hydrogens is 305 g/mol. The smallest absolute Gasteiger partial charge is 0.315 e. The van der Waals surface area contributed by atoms with E-state index in [-0.39, 0.29) is 5.92 Å².